The lowest BCUT2D eigenvalue weighted by Crippen LogP contribution is -2.33. The van der Waals surface area contributed by atoms with Crippen molar-refractivity contribution in [1.29, 1.82) is 0 Å². The van der Waals surface area contributed by atoms with Gasteiger partial charge in [-0.1, -0.05) is 28.1 Å². The second-order valence-electron chi connectivity index (χ2n) is 4.98. The third kappa shape index (κ3) is 3.38. The fourth-order valence-electron chi connectivity index (χ4n) is 2.09. The fourth-order valence-corrected chi connectivity index (χ4v) is 4.22. The molecule has 0 spiro atoms. The standard InChI is InChI=1S/C15H16BrCl2NS/c1-10-11(2)20-14(19-10)7-15(8-17,9-18)12-3-5-13(16)6-4-12/h3-6H,7-9H2,1-2H3. The van der Waals surface area contributed by atoms with Gasteiger partial charge in [0.05, 0.1) is 10.7 Å². The Morgan fingerprint density at radius 3 is 2.20 bits per heavy atom. The summed E-state index contributed by atoms with van der Waals surface area (Å²) in [5, 5.41) is 1.10. The molecular weight excluding hydrogens is 377 g/mol. The quantitative estimate of drug-likeness (QED) is 0.613. The molecule has 0 atom stereocenters. The third-order valence-electron chi connectivity index (χ3n) is 3.53. The Morgan fingerprint density at radius 1 is 1.15 bits per heavy atom. The monoisotopic (exact) mass is 391 g/mol. The molecule has 0 aliphatic heterocycles. The number of rotatable bonds is 5. The van der Waals surface area contributed by atoms with Gasteiger partial charge in [0.15, 0.2) is 0 Å². The number of aromatic nitrogens is 1. The summed E-state index contributed by atoms with van der Waals surface area (Å²) < 4.78 is 1.06. The van der Waals surface area contributed by atoms with Crippen molar-refractivity contribution in [3.05, 3.63) is 49.9 Å². The van der Waals surface area contributed by atoms with Gasteiger partial charge in [0.25, 0.3) is 0 Å². The highest BCUT2D eigenvalue weighted by Crippen LogP contribution is 2.34. The normalized spacial score (nSPS) is 11.8. The summed E-state index contributed by atoms with van der Waals surface area (Å²) >= 11 is 17.7. The molecule has 0 aliphatic rings. The van der Waals surface area contributed by atoms with Gasteiger partial charge in [-0.3, -0.25) is 0 Å². The zero-order valence-electron chi connectivity index (χ0n) is 11.4. The SMILES string of the molecule is Cc1nc(CC(CCl)(CCl)c2ccc(Br)cc2)sc1C. The summed E-state index contributed by atoms with van der Waals surface area (Å²) in [5.74, 6) is 0.964. The molecule has 0 radical (unpaired) electrons. The smallest absolute Gasteiger partial charge is 0.0940 e. The van der Waals surface area contributed by atoms with Crippen LogP contribution in [0.15, 0.2) is 28.7 Å². The van der Waals surface area contributed by atoms with Crippen LogP contribution in [0.4, 0.5) is 0 Å². The molecule has 0 amide bonds. The molecular formula is C15H16BrCl2NS. The van der Waals surface area contributed by atoms with Crippen LogP contribution in [0.2, 0.25) is 0 Å². The van der Waals surface area contributed by atoms with Crippen molar-refractivity contribution in [3.8, 4) is 0 Å². The molecule has 0 saturated heterocycles. The number of benzene rings is 1. The molecule has 1 aromatic carbocycles. The van der Waals surface area contributed by atoms with E-state index >= 15 is 0 Å². The van der Waals surface area contributed by atoms with Crippen LogP contribution in [0.25, 0.3) is 0 Å². The van der Waals surface area contributed by atoms with Crippen LogP contribution in [-0.4, -0.2) is 16.7 Å². The van der Waals surface area contributed by atoms with Crippen molar-refractivity contribution in [2.24, 2.45) is 0 Å². The van der Waals surface area contributed by atoms with Crippen LogP contribution in [-0.2, 0) is 11.8 Å². The van der Waals surface area contributed by atoms with E-state index in [0.29, 0.717) is 11.8 Å². The average molecular weight is 393 g/mol. The molecule has 1 aromatic heterocycles. The van der Waals surface area contributed by atoms with Crippen LogP contribution < -0.4 is 0 Å². The first kappa shape index (κ1) is 16.3. The van der Waals surface area contributed by atoms with E-state index in [9.17, 15) is 0 Å². The van der Waals surface area contributed by atoms with Gasteiger partial charge in [0.1, 0.15) is 0 Å². The number of thiazole rings is 1. The maximum absolute atomic E-state index is 6.28. The van der Waals surface area contributed by atoms with Crippen LogP contribution in [0.1, 0.15) is 21.1 Å². The van der Waals surface area contributed by atoms with E-state index in [1.807, 2.05) is 19.1 Å². The number of nitrogens with zero attached hydrogens (tertiary/aromatic N) is 1. The fraction of sp³-hybridized carbons (Fsp3) is 0.400. The summed E-state index contributed by atoms with van der Waals surface area (Å²) in [6, 6.07) is 8.23. The summed E-state index contributed by atoms with van der Waals surface area (Å²) in [6.45, 7) is 4.14. The number of hydrogen-bond donors (Lipinski definition) is 0. The second-order valence-corrected chi connectivity index (χ2v) is 7.72. The Labute approximate surface area is 142 Å². The Morgan fingerprint density at radius 2 is 1.75 bits per heavy atom. The van der Waals surface area contributed by atoms with Crippen LogP contribution in [0.3, 0.4) is 0 Å². The lowest BCUT2D eigenvalue weighted by atomic mass is 9.81. The Hall–Kier alpha value is -0.0900. The number of alkyl halides is 2. The Balaban J connectivity index is 2.36. The number of halogens is 3. The molecule has 0 aliphatic carbocycles. The first-order valence-corrected chi connectivity index (χ1v) is 8.99. The molecule has 0 N–H and O–H groups in total. The summed E-state index contributed by atoms with van der Waals surface area (Å²) in [4.78, 5) is 5.88. The predicted molar refractivity (Wildman–Crippen MR) is 92.6 cm³/mol. The van der Waals surface area contributed by atoms with E-state index < -0.39 is 0 Å². The molecule has 1 heterocycles. The van der Waals surface area contributed by atoms with Crippen molar-refractivity contribution in [2.45, 2.75) is 25.7 Å². The lowest BCUT2D eigenvalue weighted by Gasteiger charge is -2.29. The van der Waals surface area contributed by atoms with Gasteiger partial charge < -0.3 is 0 Å². The minimum Gasteiger partial charge on any atom is -0.246 e. The molecule has 108 valence electrons. The number of aryl methyl sites for hydroxylation is 2. The molecule has 5 heteroatoms. The zero-order chi connectivity index (χ0) is 14.8. The zero-order valence-corrected chi connectivity index (χ0v) is 15.3. The summed E-state index contributed by atoms with van der Waals surface area (Å²) in [5.41, 5.74) is 2.00. The molecule has 20 heavy (non-hydrogen) atoms. The van der Waals surface area contributed by atoms with Crippen LogP contribution >= 0.6 is 50.5 Å². The Kier molecular flexibility index (Phi) is 5.52. The second kappa shape index (κ2) is 6.78. The summed E-state index contributed by atoms with van der Waals surface area (Å²) in [6.07, 6.45) is 0.779. The highest BCUT2D eigenvalue weighted by molar-refractivity contribution is 9.10. The maximum Gasteiger partial charge on any atom is 0.0940 e. The first-order chi connectivity index (χ1) is 9.50. The minimum absolute atomic E-state index is 0.263. The van der Waals surface area contributed by atoms with Gasteiger partial charge in [-0.15, -0.1) is 34.5 Å². The molecule has 2 aromatic rings. The largest absolute Gasteiger partial charge is 0.246 e. The lowest BCUT2D eigenvalue weighted by molar-refractivity contribution is 0.534. The highest BCUT2D eigenvalue weighted by atomic mass is 79.9. The van der Waals surface area contributed by atoms with E-state index in [-0.39, 0.29) is 5.41 Å². The van der Waals surface area contributed by atoms with Gasteiger partial charge >= 0.3 is 0 Å². The van der Waals surface area contributed by atoms with Crippen molar-refractivity contribution in [3.63, 3.8) is 0 Å². The van der Waals surface area contributed by atoms with E-state index in [4.69, 9.17) is 23.2 Å². The molecule has 1 nitrogen and oxygen atoms in total. The topological polar surface area (TPSA) is 12.9 Å². The minimum atomic E-state index is -0.263. The van der Waals surface area contributed by atoms with Crippen molar-refractivity contribution >= 4 is 50.5 Å². The van der Waals surface area contributed by atoms with E-state index in [1.54, 1.807) is 11.3 Å². The van der Waals surface area contributed by atoms with Gasteiger partial charge in [0, 0.05) is 32.9 Å². The number of hydrogen-bond acceptors (Lipinski definition) is 2. The van der Waals surface area contributed by atoms with E-state index in [2.05, 4.69) is 40.0 Å². The van der Waals surface area contributed by atoms with Gasteiger partial charge in [0.2, 0.25) is 0 Å². The first-order valence-electron chi connectivity index (χ1n) is 6.31. The highest BCUT2D eigenvalue weighted by Gasteiger charge is 2.32. The van der Waals surface area contributed by atoms with Gasteiger partial charge in [-0.05, 0) is 31.5 Å². The van der Waals surface area contributed by atoms with E-state index in [0.717, 1.165) is 27.2 Å². The predicted octanol–water partition coefficient (Wildman–Crippen LogP) is 5.48. The van der Waals surface area contributed by atoms with Crippen molar-refractivity contribution < 1.29 is 0 Å². The Bertz CT molecular complexity index is 557. The van der Waals surface area contributed by atoms with Crippen LogP contribution in [0.5, 0.6) is 0 Å². The molecule has 0 fully saturated rings. The maximum atomic E-state index is 6.28. The van der Waals surface area contributed by atoms with E-state index in [1.165, 1.54) is 4.88 Å². The van der Waals surface area contributed by atoms with Crippen LogP contribution in [0, 0.1) is 13.8 Å². The van der Waals surface area contributed by atoms with Crippen molar-refractivity contribution in [1.82, 2.24) is 4.98 Å². The molecule has 2 rings (SSSR count). The average Bonchev–Trinajstić information content (AvgIpc) is 2.76. The molecule has 0 bridgehead atoms. The van der Waals surface area contributed by atoms with Gasteiger partial charge in [-0.25, -0.2) is 4.98 Å². The summed E-state index contributed by atoms with van der Waals surface area (Å²) in [7, 11) is 0. The molecule has 0 saturated carbocycles. The van der Waals surface area contributed by atoms with Gasteiger partial charge in [-0.2, -0.15) is 0 Å². The van der Waals surface area contributed by atoms with Crippen molar-refractivity contribution in [2.75, 3.05) is 11.8 Å². The molecule has 0 unspecified atom stereocenters. The third-order valence-corrected chi connectivity index (χ3v) is 6.16.